The van der Waals surface area contributed by atoms with Crippen LogP contribution in [0.15, 0.2) is 48.5 Å². The fraction of sp³-hybridized carbons (Fsp3) is 0. The minimum atomic E-state index is -0.580. The quantitative estimate of drug-likeness (QED) is 0.784. The lowest BCUT2D eigenvalue weighted by molar-refractivity contribution is 0.624. The van der Waals surface area contributed by atoms with E-state index in [2.05, 4.69) is 15.2 Å². The molecule has 0 saturated carbocycles. The van der Waals surface area contributed by atoms with Crippen molar-refractivity contribution in [2.24, 2.45) is 0 Å². The minimum Gasteiger partial charge on any atom is -0.366 e. The number of nitrogens with two attached hydrogens (primary N) is 1. The van der Waals surface area contributed by atoms with E-state index in [0.717, 1.165) is 5.56 Å². The van der Waals surface area contributed by atoms with Crippen LogP contribution in [0.2, 0.25) is 0 Å². The summed E-state index contributed by atoms with van der Waals surface area (Å²) in [5, 5.41) is 16.8. The fourth-order valence-electron chi connectivity index (χ4n) is 2.09. The molecule has 1 heterocycles. The molecule has 0 aliphatic rings. The highest BCUT2D eigenvalue weighted by Crippen LogP contribution is 2.29. The molecule has 2 N–H and O–H groups in total. The molecule has 3 rings (SSSR count). The summed E-state index contributed by atoms with van der Waals surface area (Å²) < 4.78 is 13.5. The molecule has 0 radical (unpaired) electrons. The molecule has 0 atom stereocenters. The lowest BCUT2D eigenvalue weighted by Gasteiger charge is -2.08. The molecule has 1 aromatic heterocycles. The first-order chi connectivity index (χ1) is 10.7. The van der Waals surface area contributed by atoms with E-state index in [1.54, 1.807) is 0 Å². The van der Waals surface area contributed by atoms with Gasteiger partial charge in [0.25, 0.3) is 0 Å². The average molecular weight is 291 g/mol. The van der Waals surface area contributed by atoms with Crippen molar-refractivity contribution in [3.8, 4) is 28.6 Å². The molecule has 106 valence electrons. The summed E-state index contributed by atoms with van der Waals surface area (Å²) in [7, 11) is 0. The smallest absolute Gasteiger partial charge is 0.240 e. The fourth-order valence-corrected chi connectivity index (χ4v) is 2.09. The second-order valence-electron chi connectivity index (χ2n) is 4.54. The van der Waals surface area contributed by atoms with Crippen LogP contribution in [0.4, 0.5) is 10.3 Å². The second kappa shape index (κ2) is 5.58. The van der Waals surface area contributed by atoms with Gasteiger partial charge in [0, 0.05) is 11.1 Å². The summed E-state index contributed by atoms with van der Waals surface area (Å²) in [5.41, 5.74) is 7.90. The minimum absolute atomic E-state index is 0.0465. The van der Waals surface area contributed by atoms with Gasteiger partial charge in [0.2, 0.25) is 5.95 Å². The van der Waals surface area contributed by atoms with Gasteiger partial charge in [0.05, 0.1) is 5.56 Å². The Morgan fingerprint density at radius 2 is 1.73 bits per heavy atom. The normalized spacial score (nSPS) is 10.2. The molecule has 22 heavy (non-hydrogen) atoms. The summed E-state index contributed by atoms with van der Waals surface area (Å²) >= 11 is 0. The molecular formula is C16H10FN5. The van der Waals surface area contributed by atoms with Crippen molar-refractivity contribution >= 4 is 5.95 Å². The van der Waals surface area contributed by atoms with E-state index in [0.29, 0.717) is 17.0 Å². The van der Waals surface area contributed by atoms with Gasteiger partial charge in [-0.15, -0.1) is 10.2 Å². The number of hydrogen-bond donors (Lipinski definition) is 1. The SMILES string of the molecule is N#Cc1cc(-c2nnc(N)nc2-c2ccccc2)ccc1F. The van der Waals surface area contributed by atoms with E-state index in [-0.39, 0.29) is 11.5 Å². The molecule has 0 aliphatic carbocycles. The lowest BCUT2D eigenvalue weighted by atomic mass is 10.0. The maximum absolute atomic E-state index is 13.5. The van der Waals surface area contributed by atoms with Crippen LogP contribution in [-0.2, 0) is 0 Å². The molecule has 0 saturated heterocycles. The molecule has 5 nitrogen and oxygen atoms in total. The van der Waals surface area contributed by atoms with Crippen LogP contribution in [0, 0.1) is 17.1 Å². The topological polar surface area (TPSA) is 88.5 Å². The highest BCUT2D eigenvalue weighted by Gasteiger charge is 2.14. The van der Waals surface area contributed by atoms with Crippen LogP contribution in [0.5, 0.6) is 0 Å². The summed E-state index contributed by atoms with van der Waals surface area (Å²) in [5.74, 6) is -0.533. The van der Waals surface area contributed by atoms with E-state index in [4.69, 9.17) is 11.0 Å². The van der Waals surface area contributed by atoms with Gasteiger partial charge in [0.1, 0.15) is 23.3 Å². The third kappa shape index (κ3) is 2.47. The van der Waals surface area contributed by atoms with Gasteiger partial charge in [-0.1, -0.05) is 30.3 Å². The van der Waals surface area contributed by atoms with Gasteiger partial charge in [0.15, 0.2) is 0 Å². The predicted molar refractivity (Wildman–Crippen MR) is 79.8 cm³/mol. The summed E-state index contributed by atoms with van der Waals surface area (Å²) in [6.07, 6.45) is 0. The Labute approximate surface area is 125 Å². The van der Waals surface area contributed by atoms with Crippen molar-refractivity contribution in [3.05, 3.63) is 59.9 Å². The first-order valence-electron chi connectivity index (χ1n) is 6.44. The Bertz CT molecular complexity index is 871. The van der Waals surface area contributed by atoms with Crippen molar-refractivity contribution in [1.29, 1.82) is 5.26 Å². The van der Waals surface area contributed by atoms with Crippen molar-refractivity contribution in [1.82, 2.24) is 15.2 Å². The van der Waals surface area contributed by atoms with Crippen LogP contribution in [-0.4, -0.2) is 15.2 Å². The first-order valence-corrected chi connectivity index (χ1v) is 6.44. The van der Waals surface area contributed by atoms with Crippen molar-refractivity contribution in [2.45, 2.75) is 0 Å². The number of nitriles is 1. The van der Waals surface area contributed by atoms with E-state index in [9.17, 15) is 4.39 Å². The van der Waals surface area contributed by atoms with E-state index in [1.807, 2.05) is 36.4 Å². The molecule has 2 aromatic carbocycles. The standard InChI is InChI=1S/C16H10FN5/c17-13-7-6-11(8-12(13)9-18)15-14(20-16(19)22-21-15)10-4-2-1-3-5-10/h1-8H,(H2,19,20,22). The number of benzene rings is 2. The van der Waals surface area contributed by atoms with Crippen molar-refractivity contribution < 1.29 is 4.39 Å². The van der Waals surface area contributed by atoms with Crippen LogP contribution in [0.3, 0.4) is 0 Å². The lowest BCUT2D eigenvalue weighted by Crippen LogP contribution is -2.02. The predicted octanol–water partition coefficient (Wildman–Crippen LogP) is 2.80. The van der Waals surface area contributed by atoms with Crippen molar-refractivity contribution in [2.75, 3.05) is 5.73 Å². The zero-order valence-corrected chi connectivity index (χ0v) is 11.4. The van der Waals surface area contributed by atoms with Crippen molar-refractivity contribution in [3.63, 3.8) is 0 Å². The number of nitrogens with zero attached hydrogens (tertiary/aromatic N) is 4. The molecule has 0 amide bonds. The maximum atomic E-state index is 13.5. The van der Waals surface area contributed by atoms with Gasteiger partial charge in [-0.25, -0.2) is 9.37 Å². The van der Waals surface area contributed by atoms with Gasteiger partial charge >= 0.3 is 0 Å². The van der Waals surface area contributed by atoms with Crippen LogP contribution >= 0.6 is 0 Å². The van der Waals surface area contributed by atoms with Crippen LogP contribution in [0.25, 0.3) is 22.5 Å². The Balaban J connectivity index is 2.22. The maximum Gasteiger partial charge on any atom is 0.240 e. The van der Waals surface area contributed by atoms with Gasteiger partial charge in [-0.05, 0) is 18.2 Å². The highest BCUT2D eigenvalue weighted by atomic mass is 19.1. The summed E-state index contributed by atoms with van der Waals surface area (Å²) in [6, 6.07) is 15.3. The summed E-state index contributed by atoms with van der Waals surface area (Å²) in [4.78, 5) is 4.23. The Hall–Kier alpha value is -3.33. The van der Waals surface area contributed by atoms with E-state index >= 15 is 0 Å². The average Bonchev–Trinajstić information content (AvgIpc) is 2.56. The monoisotopic (exact) mass is 291 g/mol. The van der Waals surface area contributed by atoms with Crippen LogP contribution in [0.1, 0.15) is 5.56 Å². The molecule has 0 aliphatic heterocycles. The number of aromatic nitrogens is 3. The number of nitrogen functional groups attached to an aromatic ring is 1. The largest absolute Gasteiger partial charge is 0.366 e. The molecule has 0 unspecified atom stereocenters. The van der Waals surface area contributed by atoms with E-state index < -0.39 is 5.82 Å². The summed E-state index contributed by atoms with van der Waals surface area (Å²) in [6.45, 7) is 0. The molecule has 0 bridgehead atoms. The number of rotatable bonds is 2. The Morgan fingerprint density at radius 1 is 0.955 bits per heavy atom. The Morgan fingerprint density at radius 3 is 2.45 bits per heavy atom. The van der Waals surface area contributed by atoms with Gasteiger partial charge in [-0.2, -0.15) is 5.26 Å². The van der Waals surface area contributed by atoms with E-state index in [1.165, 1.54) is 18.2 Å². The first kappa shape index (κ1) is 13.6. The molecule has 6 heteroatoms. The Kier molecular flexibility index (Phi) is 3.46. The van der Waals surface area contributed by atoms with Gasteiger partial charge in [-0.3, -0.25) is 0 Å². The second-order valence-corrected chi connectivity index (χ2v) is 4.54. The molecular weight excluding hydrogens is 281 g/mol. The highest BCUT2D eigenvalue weighted by molar-refractivity contribution is 5.78. The zero-order chi connectivity index (χ0) is 15.5. The third-order valence-electron chi connectivity index (χ3n) is 3.11. The zero-order valence-electron chi connectivity index (χ0n) is 11.4. The van der Waals surface area contributed by atoms with Crippen LogP contribution < -0.4 is 5.73 Å². The van der Waals surface area contributed by atoms with Gasteiger partial charge < -0.3 is 5.73 Å². The molecule has 0 fully saturated rings. The molecule has 0 spiro atoms. The third-order valence-corrected chi connectivity index (χ3v) is 3.11. The molecule has 3 aromatic rings. The number of halogens is 1. The number of anilines is 1. The number of hydrogen-bond acceptors (Lipinski definition) is 5.